The summed E-state index contributed by atoms with van der Waals surface area (Å²) in [5.41, 5.74) is 2.05. The number of H-pyrrole nitrogens is 1. The molecular formula is C22H21Cl2N3O3. The number of anilines is 1. The van der Waals surface area contributed by atoms with Crippen molar-refractivity contribution in [3.63, 3.8) is 0 Å². The summed E-state index contributed by atoms with van der Waals surface area (Å²) in [5, 5.41) is 4.63. The van der Waals surface area contributed by atoms with E-state index in [1.807, 2.05) is 19.9 Å². The molecule has 2 heterocycles. The van der Waals surface area contributed by atoms with Gasteiger partial charge >= 0.3 is 0 Å². The molecule has 0 aliphatic carbocycles. The van der Waals surface area contributed by atoms with E-state index in [0.717, 1.165) is 16.6 Å². The lowest BCUT2D eigenvalue weighted by atomic mass is 10.2. The highest BCUT2D eigenvalue weighted by molar-refractivity contribution is 6.42. The molecule has 0 saturated heterocycles. The van der Waals surface area contributed by atoms with Crippen LogP contribution in [-0.2, 0) is 9.53 Å². The van der Waals surface area contributed by atoms with E-state index in [2.05, 4.69) is 10.3 Å². The van der Waals surface area contributed by atoms with Crippen molar-refractivity contribution in [1.82, 2.24) is 9.55 Å². The number of benzene rings is 1. The van der Waals surface area contributed by atoms with Crippen molar-refractivity contribution >= 4 is 51.8 Å². The molecule has 0 radical (unpaired) electrons. The molecule has 2 aromatic heterocycles. The first-order valence-electron chi connectivity index (χ1n) is 9.22. The number of nitrogens with one attached hydrogen (secondary N) is 2. The van der Waals surface area contributed by atoms with Crippen LogP contribution in [0.25, 0.3) is 17.0 Å². The molecule has 2 N–H and O–H groups in total. The van der Waals surface area contributed by atoms with Gasteiger partial charge < -0.3 is 19.6 Å². The van der Waals surface area contributed by atoms with Gasteiger partial charge in [-0.15, -0.1) is 0 Å². The highest BCUT2D eigenvalue weighted by Crippen LogP contribution is 2.28. The quantitative estimate of drug-likeness (QED) is 0.303. The Morgan fingerprint density at radius 1 is 1.20 bits per heavy atom. The fraction of sp³-hybridized carbons (Fsp3) is 0.182. The smallest absolute Gasteiger partial charge is 0.290 e. The Balaban J connectivity index is 1.76. The molecule has 0 aliphatic heterocycles. The number of hydrogen-bond acceptors (Lipinski definition) is 3. The molecule has 0 spiro atoms. The Hall–Kier alpha value is -2.96. The van der Waals surface area contributed by atoms with Gasteiger partial charge in [-0.05, 0) is 50.3 Å². The lowest BCUT2D eigenvalue weighted by molar-refractivity contribution is -0.115. The molecule has 30 heavy (non-hydrogen) atoms. The number of carbonyl (C=O) groups excluding carboxylic acids is 1. The van der Waals surface area contributed by atoms with Crippen LogP contribution in [0.4, 0.5) is 5.69 Å². The second-order valence-electron chi connectivity index (χ2n) is 6.88. The molecule has 156 valence electrons. The van der Waals surface area contributed by atoms with Gasteiger partial charge in [-0.1, -0.05) is 29.3 Å². The average molecular weight is 446 g/mol. The molecule has 6 nitrogen and oxygen atoms in total. The molecule has 0 aliphatic rings. The van der Waals surface area contributed by atoms with Crippen molar-refractivity contribution in [3.8, 4) is 0 Å². The van der Waals surface area contributed by atoms with E-state index in [9.17, 15) is 9.59 Å². The molecule has 0 unspecified atom stereocenters. The number of rotatable bonds is 6. The Morgan fingerprint density at radius 2 is 1.93 bits per heavy atom. The standard InChI is InChI=1S/C22H21Cl2N3O3/c1-13(2)27-12-16(7-8-21(27)28)26-22(29)20(30-3)6-4-5-15-9-14-10-17(23)18(24)11-19(14)25-15/h4-13,25H,1-3H3,(H,26,29)/b5-4+,20-6-. The summed E-state index contributed by atoms with van der Waals surface area (Å²) in [6.07, 6.45) is 6.66. The number of fused-ring (bicyclic) bond motifs is 1. The van der Waals surface area contributed by atoms with E-state index in [4.69, 9.17) is 27.9 Å². The van der Waals surface area contributed by atoms with Crippen LogP contribution in [0.3, 0.4) is 0 Å². The third kappa shape index (κ3) is 4.96. The van der Waals surface area contributed by atoms with Gasteiger partial charge in [0.1, 0.15) is 0 Å². The van der Waals surface area contributed by atoms with Crippen LogP contribution in [0, 0.1) is 0 Å². The van der Waals surface area contributed by atoms with Gasteiger partial charge in [-0.2, -0.15) is 0 Å². The zero-order valence-electron chi connectivity index (χ0n) is 16.7. The van der Waals surface area contributed by atoms with Crippen molar-refractivity contribution in [2.45, 2.75) is 19.9 Å². The van der Waals surface area contributed by atoms with Crippen LogP contribution in [-0.4, -0.2) is 22.6 Å². The van der Waals surface area contributed by atoms with Crippen LogP contribution < -0.4 is 10.9 Å². The molecule has 0 saturated carbocycles. The fourth-order valence-electron chi connectivity index (χ4n) is 2.89. The monoisotopic (exact) mass is 445 g/mol. The second kappa shape index (κ2) is 9.24. The van der Waals surface area contributed by atoms with E-state index in [1.165, 1.54) is 13.2 Å². The highest BCUT2D eigenvalue weighted by atomic mass is 35.5. The highest BCUT2D eigenvalue weighted by Gasteiger charge is 2.11. The normalized spacial score (nSPS) is 12.1. The van der Waals surface area contributed by atoms with Gasteiger partial charge in [0.25, 0.3) is 11.5 Å². The van der Waals surface area contributed by atoms with E-state index in [-0.39, 0.29) is 17.4 Å². The van der Waals surface area contributed by atoms with Crippen molar-refractivity contribution in [2.24, 2.45) is 0 Å². The van der Waals surface area contributed by atoms with E-state index >= 15 is 0 Å². The van der Waals surface area contributed by atoms with Gasteiger partial charge in [0, 0.05) is 34.9 Å². The summed E-state index contributed by atoms with van der Waals surface area (Å²) >= 11 is 12.1. The molecular weight excluding hydrogens is 425 g/mol. The summed E-state index contributed by atoms with van der Waals surface area (Å²) in [6, 6.07) is 8.42. The maximum absolute atomic E-state index is 12.5. The molecule has 0 atom stereocenters. The number of carbonyl (C=O) groups is 1. The Kier molecular flexibility index (Phi) is 6.70. The second-order valence-corrected chi connectivity index (χ2v) is 7.70. The van der Waals surface area contributed by atoms with Crippen LogP contribution in [0.5, 0.6) is 0 Å². The molecule has 8 heteroatoms. The summed E-state index contributed by atoms with van der Waals surface area (Å²) in [5.74, 6) is -0.304. The Labute approximate surface area is 183 Å². The van der Waals surface area contributed by atoms with Gasteiger partial charge in [0.15, 0.2) is 5.76 Å². The van der Waals surface area contributed by atoms with Gasteiger partial charge in [0.2, 0.25) is 0 Å². The van der Waals surface area contributed by atoms with Crippen LogP contribution in [0.1, 0.15) is 25.6 Å². The Morgan fingerprint density at radius 3 is 2.63 bits per heavy atom. The number of halogens is 2. The first-order chi connectivity index (χ1) is 14.3. The summed E-state index contributed by atoms with van der Waals surface area (Å²) in [7, 11) is 1.42. The predicted molar refractivity (Wildman–Crippen MR) is 122 cm³/mol. The van der Waals surface area contributed by atoms with Gasteiger partial charge in [0.05, 0.1) is 22.8 Å². The average Bonchev–Trinajstić information content (AvgIpc) is 3.08. The van der Waals surface area contributed by atoms with E-state index in [1.54, 1.807) is 47.2 Å². The molecule has 3 aromatic rings. The number of ether oxygens (including phenoxy) is 1. The fourth-order valence-corrected chi connectivity index (χ4v) is 3.22. The lowest BCUT2D eigenvalue weighted by Crippen LogP contribution is -2.22. The topological polar surface area (TPSA) is 76.1 Å². The molecule has 0 fully saturated rings. The molecule has 3 rings (SSSR count). The van der Waals surface area contributed by atoms with E-state index in [0.29, 0.717) is 15.7 Å². The number of allylic oxidation sites excluding steroid dienone is 2. The van der Waals surface area contributed by atoms with Crippen molar-refractivity contribution in [1.29, 1.82) is 0 Å². The van der Waals surface area contributed by atoms with Crippen LogP contribution >= 0.6 is 23.2 Å². The summed E-state index contributed by atoms with van der Waals surface area (Å²) in [6.45, 7) is 3.79. The number of hydrogen-bond donors (Lipinski definition) is 2. The lowest BCUT2D eigenvalue weighted by Gasteiger charge is -2.12. The van der Waals surface area contributed by atoms with Gasteiger partial charge in [-0.3, -0.25) is 9.59 Å². The molecule has 1 amide bonds. The van der Waals surface area contributed by atoms with E-state index < -0.39 is 5.91 Å². The maximum atomic E-state index is 12.5. The summed E-state index contributed by atoms with van der Waals surface area (Å²) < 4.78 is 6.74. The first kappa shape index (κ1) is 21.7. The number of aromatic amines is 1. The minimum Gasteiger partial charge on any atom is -0.491 e. The zero-order valence-corrected chi connectivity index (χ0v) is 18.2. The van der Waals surface area contributed by atoms with Crippen molar-refractivity contribution in [3.05, 3.63) is 80.5 Å². The predicted octanol–water partition coefficient (Wildman–Crippen LogP) is 5.40. The number of aromatic nitrogens is 2. The van der Waals surface area contributed by atoms with Crippen LogP contribution in [0.15, 0.2) is 59.2 Å². The Bertz CT molecular complexity index is 1170. The summed E-state index contributed by atoms with van der Waals surface area (Å²) in [4.78, 5) is 27.6. The van der Waals surface area contributed by atoms with Crippen LogP contribution in [0.2, 0.25) is 10.0 Å². The van der Waals surface area contributed by atoms with Crippen molar-refractivity contribution in [2.75, 3.05) is 12.4 Å². The minimum atomic E-state index is -0.425. The number of pyridine rings is 1. The third-order valence-electron chi connectivity index (χ3n) is 4.40. The molecule has 1 aromatic carbocycles. The first-order valence-corrected chi connectivity index (χ1v) is 9.97. The minimum absolute atomic E-state index is 0.0178. The number of methoxy groups -OCH3 is 1. The maximum Gasteiger partial charge on any atom is 0.290 e. The SMILES string of the molecule is CO/C(=C\C=C\c1cc2cc(Cl)c(Cl)cc2[nH]1)C(=O)Nc1ccc(=O)n(C(C)C)c1. The molecule has 0 bridgehead atoms. The number of nitrogens with zero attached hydrogens (tertiary/aromatic N) is 1. The zero-order chi connectivity index (χ0) is 21.8. The number of amides is 1. The third-order valence-corrected chi connectivity index (χ3v) is 5.12. The van der Waals surface area contributed by atoms with Gasteiger partial charge in [-0.25, -0.2) is 0 Å². The van der Waals surface area contributed by atoms with Crippen molar-refractivity contribution < 1.29 is 9.53 Å². The largest absolute Gasteiger partial charge is 0.491 e.